The minimum atomic E-state index is -0.354. The lowest BCUT2D eigenvalue weighted by Gasteiger charge is -2.25. The van der Waals surface area contributed by atoms with Crippen molar-refractivity contribution in [2.24, 2.45) is 0 Å². The molecule has 0 aliphatic carbocycles. The van der Waals surface area contributed by atoms with E-state index in [0.29, 0.717) is 35.9 Å². The fourth-order valence-corrected chi connectivity index (χ4v) is 4.32. The van der Waals surface area contributed by atoms with Crippen LogP contribution >= 0.6 is 0 Å². The lowest BCUT2D eigenvalue weighted by Crippen LogP contribution is -2.35. The van der Waals surface area contributed by atoms with Gasteiger partial charge in [0.1, 0.15) is 11.4 Å². The first-order chi connectivity index (χ1) is 16.0. The molecule has 4 rings (SSSR count). The van der Waals surface area contributed by atoms with Crippen LogP contribution in [0.4, 0.5) is 11.4 Å². The Balaban J connectivity index is 1.94. The quantitative estimate of drug-likeness (QED) is 0.455. The monoisotopic (exact) mass is 440 g/mol. The molecule has 0 bridgehead atoms. The SMILES string of the molecule is CCOc1ccccc1N1C(=O)C(c2ccc(C)cc2C)=C(N(CC)c2ccccc2)C1=O. The van der Waals surface area contributed by atoms with E-state index < -0.39 is 0 Å². The van der Waals surface area contributed by atoms with Gasteiger partial charge in [0.25, 0.3) is 11.8 Å². The van der Waals surface area contributed by atoms with Crippen LogP contribution in [0.25, 0.3) is 5.57 Å². The summed E-state index contributed by atoms with van der Waals surface area (Å²) in [7, 11) is 0. The standard InChI is InChI=1S/C28H28N2O3/c1-5-29(21-12-8-7-9-13-21)26-25(22-17-16-19(3)18-20(22)4)27(31)30(28(26)32)23-14-10-11-15-24(23)33-6-2/h7-18H,5-6H2,1-4H3. The molecule has 0 saturated heterocycles. The number of benzene rings is 3. The largest absolute Gasteiger partial charge is 0.492 e. The van der Waals surface area contributed by atoms with Crippen LogP contribution in [0.15, 0.2) is 78.5 Å². The van der Waals surface area contributed by atoms with Crippen molar-refractivity contribution < 1.29 is 14.3 Å². The number of likely N-dealkylation sites (N-methyl/N-ethyl adjacent to an activating group) is 1. The third-order valence-electron chi connectivity index (χ3n) is 5.77. The Bertz CT molecular complexity index is 1230. The van der Waals surface area contributed by atoms with Gasteiger partial charge in [-0.2, -0.15) is 0 Å². The Morgan fingerprint density at radius 3 is 2.21 bits per heavy atom. The van der Waals surface area contributed by atoms with Gasteiger partial charge < -0.3 is 9.64 Å². The van der Waals surface area contributed by atoms with E-state index in [2.05, 4.69) is 0 Å². The predicted octanol–water partition coefficient (Wildman–Crippen LogP) is 5.51. The molecular formula is C28H28N2O3. The van der Waals surface area contributed by atoms with Crippen LogP contribution in [-0.4, -0.2) is 25.0 Å². The molecule has 1 aliphatic rings. The third kappa shape index (κ3) is 4.02. The molecule has 0 saturated carbocycles. The maximum atomic E-state index is 14.0. The van der Waals surface area contributed by atoms with Gasteiger partial charge in [-0.25, -0.2) is 4.90 Å². The molecule has 3 aromatic carbocycles. The minimum absolute atomic E-state index is 0.344. The average Bonchev–Trinajstić information content (AvgIpc) is 3.06. The molecule has 0 spiro atoms. The Morgan fingerprint density at radius 2 is 1.55 bits per heavy atom. The second-order valence-corrected chi connectivity index (χ2v) is 7.97. The Hall–Kier alpha value is -3.86. The van der Waals surface area contributed by atoms with Gasteiger partial charge in [-0.05, 0) is 63.1 Å². The highest BCUT2D eigenvalue weighted by atomic mass is 16.5. The molecule has 2 amide bonds. The molecule has 0 atom stereocenters. The normalized spacial score (nSPS) is 13.6. The number of anilines is 2. The number of carbonyl (C=O) groups excluding carboxylic acids is 2. The van der Waals surface area contributed by atoms with E-state index in [1.165, 1.54) is 4.90 Å². The van der Waals surface area contributed by atoms with Crippen molar-refractivity contribution in [3.05, 3.63) is 95.2 Å². The minimum Gasteiger partial charge on any atom is -0.492 e. The number of carbonyl (C=O) groups is 2. The summed E-state index contributed by atoms with van der Waals surface area (Å²) in [5.74, 6) is -0.193. The summed E-state index contributed by atoms with van der Waals surface area (Å²) < 4.78 is 5.75. The first kappa shape index (κ1) is 22.3. The molecular weight excluding hydrogens is 412 g/mol. The second-order valence-electron chi connectivity index (χ2n) is 7.97. The Labute approximate surface area is 194 Å². The van der Waals surface area contributed by atoms with Crippen LogP contribution in [0.5, 0.6) is 5.75 Å². The number of amides is 2. The number of ether oxygens (including phenoxy) is 1. The van der Waals surface area contributed by atoms with Gasteiger partial charge in [0.15, 0.2) is 0 Å². The van der Waals surface area contributed by atoms with Gasteiger partial charge in [0.2, 0.25) is 0 Å². The van der Waals surface area contributed by atoms with Crippen LogP contribution in [0, 0.1) is 13.8 Å². The summed E-state index contributed by atoms with van der Waals surface area (Å²) in [4.78, 5) is 31.1. The predicted molar refractivity (Wildman–Crippen MR) is 132 cm³/mol. The van der Waals surface area contributed by atoms with Crippen molar-refractivity contribution in [3.8, 4) is 5.75 Å². The molecule has 0 radical (unpaired) electrons. The molecule has 33 heavy (non-hydrogen) atoms. The molecule has 0 unspecified atom stereocenters. The number of para-hydroxylation sites is 3. The van der Waals surface area contributed by atoms with Gasteiger partial charge >= 0.3 is 0 Å². The van der Waals surface area contributed by atoms with Gasteiger partial charge in [-0.3, -0.25) is 9.59 Å². The summed E-state index contributed by atoms with van der Waals surface area (Å²) in [6.45, 7) is 8.81. The summed E-state index contributed by atoms with van der Waals surface area (Å²) in [6.07, 6.45) is 0. The van der Waals surface area contributed by atoms with E-state index in [1.54, 1.807) is 12.1 Å². The molecule has 5 heteroatoms. The number of rotatable bonds is 7. The maximum Gasteiger partial charge on any atom is 0.282 e. The molecule has 0 N–H and O–H groups in total. The number of nitrogens with zero attached hydrogens (tertiary/aromatic N) is 2. The van der Waals surface area contributed by atoms with Gasteiger partial charge in [0, 0.05) is 12.2 Å². The fraction of sp³-hybridized carbons (Fsp3) is 0.214. The van der Waals surface area contributed by atoms with Crippen LogP contribution in [-0.2, 0) is 9.59 Å². The lowest BCUT2D eigenvalue weighted by molar-refractivity contribution is -0.120. The van der Waals surface area contributed by atoms with E-state index in [9.17, 15) is 9.59 Å². The van der Waals surface area contributed by atoms with Crippen molar-refractivity contribution >= 4 is 28.8 Å². The van der Waals surface area contributed by atoms with Crippen LogP contribution in [0.3, 0.4) is 0 Å². The summed E-state index contributed by atoms with van der Waals surface area (Å²) in [5.41, 5.74) is 4.92. The van der Waals surface area contributed by atoms with E-state index in [1.807, 2.05) is 93.3 Å². The second kappa shape index (κ2) is 9.33. The highest BCUT2D eigenvalue weighted by molar-refractivity contribution is 6.46. The molecule has 5 nitrogen and oxygen atoms in total. The van der Waals surface area contributed by atoms with Crippen molar-refractivity contribution in [3.63, 3.8) is 0 Å². The Morgan fingerprint density at radius 1 is 0.848 bits per heavy atom. The third-order valence-corrected chi connectivity index (χ3v) is 5.77. The van der Waals surface area contributed by atoms with E-state index >= 15 is 0 Å². The lowest BCUT2D eigenvalue weighted by atomic mass is 9.97. The van der Waals surface area contributed by atoms with E-state index in [-0.39, 0.29) is 11.8 Å². The average molecular weight is 441 g/mol. The zero-order valence-corrected chi connectivity index (χ0v) is 19.5. The molecule has 1 heterocycles. The van der Waals surface area contributed by atoms with Crippen molar-refractivity contribution in [1.29, 1.82) is 0 Å². The highest BCUT2D eigenvalue weighted by Gasteiger charge is 2.44. The highest BCUT2D eigenvalue weighted by Crippen LogP contribution is 2.40. The zero-order chi connectivity index (χ0) is 23.5. The van der Waals surface area contributed by atoms with Crippen LogP contribution in [0.1, 0.15) is 30.5 Å². The van der Waals surface area contributed by atoms with Gasteiger partial charge in [0.05, 0.1) is 17.9 Å². The number of imide groups is 1. The summed E-state index contributed by atoms with van der Waals surface area (Å²) in [5, 5.41) is 0. The first-order valence-corrected chi connectivity index (χ1v) is 11.2. The topological polar surface area (TPSA) is 49.9 Å². The summed E-state index contributed by atoms with van der Waals surface area (Å²) in [6, 6.07) is 22.8. The number of aryl methyl sites for hydroxylation is 2. The fourth-order valence-electron chi connectivity index (χ4n) is 4.32. The van der Waals surface area contributed by atoms with Crippen molar-refractivity contribution in [2.45, 2.75) is 27.7 Å². The van der Waals surface area contributed by atoms with Gasteiger partial charge in [-0.1, -0.05) is 54.1 Å². The smallest absolute Gasteiger partial charge is 0.282 e. The first-order valence-electron chi connectivity index (χ1n) is 11.2. The van der Waals surface area contributed by atoms with Crippen LogP contribution in [0.2, 0.25) is 0 Å². The molecule has 0 fully saturated rings. The van der Waals surface area contributed by atoms with Crippen molar-refractivity contribution in [1.82, 2.24) is 0 Å². The molecule has 3 aromatic rings. The van der Waals surface area contributed by atoms with Crippen molar-refractivity contribution in [2.75, 3.05) is 23.0 Å². The van der Waals surface area contributed by atoms with Gasteiger partial charge in [-0.15, -0.1) is 0 Å². The zero-order valence-electron chi connectivity index (χ0n) is 19.5. The number of hydrogen-bond donors (Lipinski definition) is 0. The van der Waals surface area contributed by atoms with E-state index in [0.717, 1.165) is 22.4 Å². The summed E-state index contributed by atoms with van der Waals surface area (Å²) >= 11 is 0. The molecule has 1 aliphatic heterocycles. The number of hydrogen-bond acceptors (Lipinski definition) is 4. The van der Waals surface area contributed by atoms with Crippen LogP contribution < -0.4 is 14.5 Å². The maximum absolute atomic E-state index is 14.0. The molecule has 168 valence electrons. The Kier molecular flexibility index (Phi) is 6.31. The van der Waals surface area contributed by atoms with E-state index in [4.69, 9.17) is 4.74 Å². The molecule has 0 aromatic heterocycles.